The van der Waals surface area contributed by atoms with Crippen LogP contribution in [0.25, 0.3) is 21.8 Å². The molecule has 0 unspecified atom stereocenters. The van der Waals surface area contributed by atoms with E-state index in [0.29, 0.717) is 16.1 Å². The Kier molecular flexibility index (Phi) is 3.62. The number of aromatic nitrogens is 1. The Balaban J connectivity index is 1.95. The summed E-state index contributed by atoms with van der Waals surface area (Å²) in [5, 5.41) is 2.76. The van der Waals surface area contributed by atoms with Crippen LogP contribution in [0.5, 0.6) is 0 Å². The third-order valence-electron chi connectivity index (χ3n) is 4.47. The zero-order chi connectivity index (χ0) is 16.7. The van der Waals surface area contributed by atoms with Gasteiger partial charge in [0.25, 0.3) is 0 Å². The number of rotatable bonds is 3. The molecular weight excluding hydrogens is 318 g/mol. The molecule has 4 aromatic rings. The van der Waals surface area contributed by atoms with Crippen molar-refractivity contribution in [1.29, 1.82) is 0 Å². The van der Waals surface area contributed by atoms with Crippen LogP contribution < -0.4 is 0 Å². The maximum atomic E-state index is 12.8. The minimum absolute atomic E-state index is 0.0455. The van der Waals surface area contributed by atoms with E-state index in [9.17, 15) is 4.79 Å². The number of hydrogen-bond acceptors (Lipinski definition) is 1. The SMILES string of the molecule is CCn1c2ccccc2c2cc(C(=O)c3ccccc3Cl)ccc21. The third kappa shape index (κ3) is 2.22. The van der Waals surface area contributed by atoms with Gasteiger partial charge in [0.15, 0.2) is 5.78 Å². The molecule has 0 radical (unpaired) electrons. The van der Waals surface area contributed by atoms with Crippen LogP contribution >= 0.6 is 11.6 Å². The molecule has 0 spiro atoms. The van der Waals surface area contributed by atoms with E-state index in [1.54, 1.807) is 12.1 Å². The molecule has 3 heteroatoms. The van der Waals surface area contributed by atoms with Gasteiger partial charge in [-0.15, -0.1) is 0 Å². The van der Waals surface area contributed by atoms with Gasteiger partial charge in [-0.3, -0.25) is 4.79 Å². The molecule has 4 rings (SSSR count). The Hall–Kier alpha value is -2.58. The third-order valence-corrected chi connectivity index (χ3v) is 4.80. The molecule has 24 heavy (non-hydrogen) atoms. The maximum Gasteiger partial charge on any atom is 0.194 e. The topological polar surface area (TPSA) is 22.0 Å². The zero-order valence-corrected chi connectivity index (χ0v) is 14.0. The summed E-state index contributed by atoms with van der Waals surface area (Å²) in [5.74, 6) is -0.0455. The van der Waals surface area contributed by atoms with Gasteiger partial charge >= 0.3 is 0 Å². The van der Waals surface area contributed by atoms with Crippen molar-refractivity contribution in [2.75, 3.05) is 0 Å². The number of aryl methyl sites for hydroxylation is 1. The van der Waals surface area contributed by atoms with E-state index in [1.165, 1.54) is 10.9 Å². The van der Waals surface area contributed by atoms with Crippen molar-refractivity contribution in [3.63, 3.8) is 0 Å². The molecule has 0 aliphatic heterocycles. The van der Waals surface area contributed by atoms with E-state index in [4.69, 9.17) is 11.6 Å². The van der Waals surface area contributed by atoms with Crippen molar-refractivity contribution < 1.29 is 4.79 Å². The number of benzene rings is 3. The number of ketones is 1. The molecule has 0 amide bonds. The van der Waals surface area contributed by atoms with E-state index < -0.39 is 0 Å². The number of fused-ring (bicyclic) bond motifs is 3. The number of para-hydroxylation sites is 1. The molecule has 3 aromatic carbocycles. The van der Waals surface area contributed by atoms with E-state index in [0.717, 1.165) is 17.4 Å². The summed E-state index contributed by atoms with van der Waals surface area (Å²) in [7, 11) is 0. The van der Waals surface area contributed by atoms with Gasteiger partial charge in [0.1, 0.15) is 0 Å². The van der Waals surface area contributed by atoms with Crippen LogP contribution in [0.2, 0.25) is 5.02 Å². The number of carbonyl (C=O) groups excluding carboxylic acids is 1. The summed E-state index contributed by atoms with van der Waals surface area (Å²) in [5.41, 5.74) is 3.54. The molecule has 0 atom stereocenters. The Morgan fingerprint density at radius 3 is 2.42 bits per heavy atom. The van der Waals surface area contributed by atoms with Crippen LogP contribution in [-0.2, 0) is 6.54 Å². The lowest BCUT2D eigenvalue weighted by atomic mass is 10.0. The average Bonchev–Trinajstić information content (AvgIpc) is 2.94. The van der Waals surface area contributed by atoms with E-state index in [2.05, 4.69) is 23.6 Å². The Morgan fingerprint density at radius 2 is 1.62 bits per heavy atom. The minimum Gasteiger partial charge on any atom is -0.341 e. The lowest BCUT2D eigenvalue weighted by Gasteiger charge is -2.05. The summed E-state index contributed by atoms with van der Waals surface area (Å²) in [6.07, 6.45) is 0. The Labute approximate surface area is 145 Å². The van der Waals surface area contributed by atoms with Gasteiger partial charge in [-0.1, -0.05) is 41.9 Å². The molecule has 0 N–H and O–H groups in total. The highest BCUT2D eigenvalue weighted by molar-refractivity contribution is 6.35. The lowest BCUT2D eigenvalue weighted by molar-refractivity contribution is 0.103. The number of carbonyl (C=O) groups is 1. The molecule has 0 aliphatic rings. The maximum absolute atomic E-state index is 12.8. The molecule has 0 saturated carbocycles. The summed E-state index contributed by atoms with van der Waals surface area (Å²) >= 11 is 6.18. The van der Waals surface area contributed by atoms with Gasteiger partial charge in [0, 0.05) is 39.5 Å². The second kappa shape index (κ2) is 5.81. The normalized spacial score (nSPS) is 11.2. The summed E-state index contributed by atoms with van der Waals surface area (Å²) in [6, 6.07) is 21.4. The molecule has 1 aromatic heterocycles. The second-order valence-corrected chi connectivity index (χ2v) is 6.21. The second-order valence-electron chi connectivity index (χ2n) is 5.80. The molecule has 0 aliphatic carbocycles. The van der Waals surface area contributed by atoms with Gasteiger partial charge < -0.3 is 4.57 Å². The van der Waals surface area contributed by atoms with Crippen LogP contribution in [0.3, 0.4) is 0 Å². The first-order valence-electron chi connectivity index (χ1n) is 8.01. The zero-order valence-electron chi connectivity index (χ0n) is 13.3. The molecule has 0 fully saturated rings. The predicted octanol–water partition coefficient (Wildman–Crippen LogP) is 5.70. The Morgan fingerprint density at radius 1 is 0.917 bits per heavy atom. The largest absolute Gasteiger partial charge is 0.341 e. The predicted molar refractivity (Wildman–Crippen MR) is 100 cm³/mol. The monoisotopic (exact) mass is 333 g/mol. The number of halogens is 1. The first-order valence-corrected chi connectivity index (χ1v) is 8.38. The van der Waals surface area contributed by atoms with Crippen LogP contribution in [0.1, 0.15) is 22.8 Å². The van der Waals surface area contributed by atoms with Gasteiger partial charge in [-0.25, -0.2) is 0 Å². The van der Waals surface area contributed by atoms with Gasteiger partial charge in [0.05, 0.1) is 5.02 Å². The summed E-state index contributed by atoms with van der Waals surface area (Å²) in [4.78, 5) is 12.8. The number of hydrogen-bond donors (Lipinski definition) is 0. The van der Waals surface area contributed by atoms with Crippen LogP contribution in [-0.4, -0.2) is 10.4 Å². The van der Waals surface area contributed by atoms with Crippen molar-refractivity contribution in [1.82, 2.24) is 4.57 Å². The average molecular weight is 334 g/mol. The summed E-state index contributed by atoms with van der Waals surface area (Å²) < 4.78 is 2.27. The van der Waals surface area contributed by atoms with Gasteiger partial charge in [-0.2, -0.15) is 0 Å². The fraction of sp³-hybridized carbons (Fsp3) is 0.0952. The minimum atomic E-state index is -0.0455. The highest BCUT2D eigenvalue weighted by Gasteiger charge is 2.15. The van der Waals surface area contributed by atoms with E-state index >= 15 is 0 Å². The molecule has 118 valence electrons. The van der Waals surface area contributed by atoms with Crippen molar-refractivity contribution >= 4 is 39.2 Å². The molecule has 1 heterocycles. The highest BCUT2D eigenvalue weighted by Crippen LogP contribution is 2.30. The first-order chi connectivity index (χ1) is 11.7. The summed E-state index contributed by atoms with van der Waals surface area (Å²) in [6.45, 7) is 3.02. The van der Waals surface area contributed by atoms with Crippen molar-refractivity contribution in [2.24, 2.45) is 0 Å². The number of nitrogens with zero attached hydrogens (tertiary/aromatic N) is 1. The van der Waals surface area contributed by atoms with Gasteiger partial charge in [-0.05, 0) is 43.3 Å². The molecule has 0 bridgehead atoms. The first kappa shape index (κ1) is 15.0. The fourth-order valence-corrected chi connectivity index (χ4v) is 3.56. The standard InChI is InChI=1S/C21H16ClNO/c1-2-23-19-10-6-4-7-15(19)17-13-14(11-12-20(17)23)21(24)16-8-3-5-9-18(16)22/h3-13H,2H2,1H3. The van der Waals surface area contributed by atoms with Gasteiger partial charge in [0.2, 0.25) is 0 Å². The van der Waals surface area contributed by atoms with Crippen molar-refractivity contribution in [3.05, 3.63) is 82.9 Å². The molecule has 0 saturated heterocycles. The fourth-order valence-electron chi connectivity index (χ4n) is 3.34. The van der Waals surface area contributed by atoms with E-state index in [-0.39, 0.29) is 5.78 Å². The van der Waals surface area contributed by atoms with E-state index in [1.807, 2.05) is 42.5 Å². The quantitative estimate of drug-likeness (QED) is 0.441. The highest BCUT2D eigenvalue weighted by atomic mass is 35.5. The lowest BCUT2D eigenvalue weighted by Crippen LogP contribution is -2.02. The van der Waals surface area contributed by atoms with Crippen LogP contribution in [0.4, 0.5) is 0 Å². The molecule has 2 nitrogen and oxygen atoms in total. The Bertz CT molecular complexity index is 1080. The van der Waals surface area contributed by atoms with Crippen molar-refractivity contribution in [3.8, 4) is 0 Å². The smallest absolute Gasteiger partial charge is 0.194 e. The molecular formula is C21H16ClNO. The van der Waals surface area contributed by atoms with Crippen LogP contribution in [0.15, 0.2) is 66.7 Å². The van der Waals surface area contributed by atoms with Crippen LogP contribution in [0, 0.1) is 0 Å². The van der Waals surface area contributed by atoms with Crippen molar-refractivity contribution in [2.45, 2.75) is 13.5 Å².